The molecule has 0 aliphatic carbocycles. The zero-order valence-electron chi connectivity index (χ0n) is 23.9. The number of halogens is 1. The zero-order chi connectivity index (χ0) is 28.5. The Hall–Kier alpha value is -2.92. The molecule has 2 fully saturated rings. The lowest BCUT2D eigenvalue weighted by Crippen LogP contribution is -2.39. The van der Waals surface area contributed by atoms with E-state index in [2.05, 4.69) is 49.9 Å². The van der Waals surface area contributed by atoms with Crippen molar-refractivity contribution in [1.29, 1.82) is 0 Å². The highest BCUT2D eigenvalue weighted by Gasteiger charge is 2.50. The number of rotatable bonds is 8. The van der Waals surface area contributed by atoms with Gasteiger partial charge >= 0.3 is 5.69 Å². The van der Waals surface area contributed by atoms with E-state index < -0.39 is 0 Å². The van der Waals surface area contributed by atoms with Gasteiger partial charge in [-0.05, 0) is 57.0 Å². The van der Waals surface area contributed by atoms with Crippen molar-refractivity contribution in [2.45, 2.75) is 71.6 Å². The van der Waals surface area contributed by atoms with E-state index >= 15 is 0 Å². The number of hydrogen-bond acceptors (Lipinski definition) is 6. The standard InChI is InChI=1S/C29H38ClN7O3/c1-15(2)12-36-26-23(28(38)35(6)29(36)39)24(22-9-17(13-34(22)5)25-27(40-25)32-16(3)4)37(33-26)14-18-11-31-21-8-7-19(30)10-20(18)21/h7-8,10-11,15-17,22,25,27,31-32H,9,12-14H2,1-6H3. The summed E-state index contributed by atoms with van der Waals surface area (Å²) >= 11 is 6.35. The van der Waals surface area contributed by atoms with Crippen LogP contribution in [0.25, 0.3) is 21.9 Å². The Morgan fingerprint density at radius 3 is 2.70 bits per heavy atom. The number of nitrogens with one attached hydrogen (secondary N) is 2. The SMILES string of the molecule is CC(C)Cn1c(=O)n(C)c(=O)c2c(C3CC(C4OC4NC(C)C)CN3C)n(Cc3c[nH]c4ccc(Cl)cc34)nc21. The van der Waals surface area contributed by atoms with Crippen LogP contribution in [0.5, 0.6) is 0 Å². The van der Waals surface area contributed by atoms with Gasteiger partial charge in [0.1, 0.15) is 17.7 Å². The second-order valence-corrected chi connectivity index (χ2v) is 12.6. The van der Waals surface area contributed by atoms with Gasteiger partial charge in [-0.2, -0.15) is 5.10 Å². The molecule has 2 aliphatic rings. The Kier molecular flexibility index (Phi) is 6.93. The molecular formula is C29H38ClN7O3. The molecule has 40 heavy (non-hydrogen) atoms. The number of nitrogens with zero attached hydrogens (tertiary/aromatic N) is 5. The summed E-state index contributed by atoms with van der Waals surface area (Å²) < 4.78 is 10.8. The van der Waals surface area contributed by atoms with Crippen LogP contribution < -0.4 is 16.6 Å². The van der Waals surface area contributed by atoms with E-state index in [1.165, 1.54) is 4.57 Å². The van der Waals surface area contributed by atoms with E-state index in [0.29, 0.717) is 41.1 Å². The second kappa shape index (κ2) is 10.2. The lowest BCUT2D eigenvalue weighted by molar-refractivity contribution is 0.286. The molecule has 1 aromatic carbocycles. The zero-order valence-corrected chi connectivity index (χ0v) is 24.7. The van der Waals surface area contributed by atoms with Gasteiger partial charge in [0.05, 0.1) is 18.3 Å². The maximum atomic E-state index is 13.8. The number of ether oxygens (including phenoxy) is 1. The maximum absolute atomic E-state index is 13.8. The predicted molar refractivity (Wildman–Crippen MR) is 157 cm³/mol. The third-order valence-electron chi connectivity index (χ3n) is 8.25. The van der Waals surface area contributed by atoms with Crippen molar-refractivity contribution in [3.8, 4) is 0 Å². The van der Waals surface area contributed by atoms with Crippen molar-refractivity contribution in [3.63, 3.8) is 0 Å². The molecule has 4 unspecified atom stereocenters. The molecule has 0 bridgehead atoms. The molecule has 4 atom stereocenters. The summed E-state index contributed by atoms with van der Waals surface area (Å²) in [5.74, 6) is 0.528. The minimum Gasteiger partial charge on any atom is -0.361 e. The van der Waals surface area contributed by atoms with Gasteiger partial charge in [0, 0.05) is 54.2 Å². The van der Waals surface area contributed by atoms with Gasteiger partial charge in [0.2, 0.25) is 0 Å². The largest absolute Gasteiger partial charge is 0.361 e. The fraction of sp³-hybridized carbons (Fsp3) is 0.552. The number of aromatic nitrogens is 5. The van der Waals surface area contributed by atoms with Crippen LogP contribution in [-0.2, 0) is 24.9 Å². The van der Waals surface area contributed by atoms with E-state index in [4.69, 9.17) is 21.4 Å². The first-order chi connectivity index (χ1) is 19.0. The molecule has 214 valence electrons. The van der Waals surface area contributed by atoms with Crippen LogP contribution in [0, 0.1) is 11.8 Å². The normalized spacial score (nSPS) is 23.4. The number of likely N-dealkylation sites (tertiary alicyclic amines) is 1. The van der Waals surface area contributed by atoms with Gasteiger partial charge in [-0.15, -0.1) is 0 Å². The van der Waals surface area contributed by atoms with E-state index in [1.807, 2.05) is 29.1 Å². The maximum Gasteiger partial charge on any atom is 0.332 e. The highest BCUT2D eigenvalue weighted by molar-refractivity contribution is 6.31. The number of aromatic amines is 1. The van der Waals surface area contributed by atoms with Gasteiger partial charge in [-0.1, -0.05) is 25.4 Å². The quantitative estimate of drug-likeness (QED) is 0.316. The number of hydrogen-bond donors (Lipinski definition) is 2. The van der Waals surface area contributed by atoms with Crippen molar-refractivity contribution in [2.24, 2.45) is 18.9 Å². The smallest absolute Gasteiger partial charge is 0.332 e. The molecule has 4 aromatic rings. The summed E-state index contributed by atoms with van der Waals surface area (Å²) in [4.78, 5) is 32.7. The Labute approximate surface area is 237 Å². The molecule has 0 spiro atoms. The van der Waals surface area contributed by atoms with Crippen LogP contribution in [0.2, 0.25) is 5.02 Å². The van der Waals surface area contributed by atoms with Crippen LogP contribution in [0.4, 0.5) is 0 Å². The monoisotopic (exact) mass is 567 g/mol. The number of epoxide rings is 1. The predicted octanol–water partition coefficient (Wildman–Crippen LogP) is 3.45. The van der Waals surface area contributed by atoms with Crippen LogP contribution in [0.15, 0.2) is 34.0 Å². The minimum absolute atomic E-state index is 0.0506. The molecule has 6 rings (SSSR count). The van der Waals surface area contributed by atoms with Crippen molar-refractivity contribution in [1.82, 2.24) is 34.1 Å². The third-order valence-corrected chi connectivity index (χ3v) is 8.48. The van der Waals surface area contributed by atoms with Gasteiger partial charge in [0.15, 0.2) is 5.65 Å². The first-order valence-electron chi connectivity index (χ1n) is 14.1. The van der Waals surface area contributed by atoms with E-state index in [9.17, 15) is 9.59 Å². The van der Waals surface area contributed by atoms with Crippen LogP contribution >= 0.6 is 11.6 Å². The lowest BCUT2D eigenvalue weighted by Gasteiger charge is -2.21. The van der Waals surface area contributed by atoms with E-state index in [0.717, 1.165) is 35.1 Å². The van der Waals surface area contributed by atoms with Gasteiger partial charge in [-0.25, -0.2) is 4.79 Å². The first-order valence-corrected chi connectivity index (χ1v) is 14.5. The summed E-state index contributed by atoms with van der Waals surface area (Å²) in [6.45, 7) is 10.1. The molecule has 0 radical (unpaired) electrons. The topological polar surface area (TPSA) is 105 Å². The Bertz CT molecular complexity index is 1700. The Morgan fingerprint density at radius 1 is 1.20 bits per heavy atom. The highest BCUT2D eigenvalue weighted by Crippen LogP contribution is 2.43. The molecular weight excluding hydrogens is 530 g/mol. The third kappa shape index (κ3) is 4.70. The van der Waals surface area contributed by atoms with Gasteiger partial charge in [0.25, 0.3) is 5.56 Å². The van der Waals surface area contributed by atoms with Crippen LogP contribution in [0.1, 0.15) is 51.4 Å². The summed E-state index contributed by atoms with van der Waals surface area (Å²) in [6, 6.07) is 6.07. The fourth-order valence-corrected chi connectivity index (χ4v) is 6.53. The summed E-state index contributed by atoms with van der Waals surface area (Å²) in [5, 5.41) is 10.7. The molecule has 2 aliphatic heterocycles. The number of benzene rings is 1. The Balaban J connectivity index is 1.49. The molecule has 3 aromatic heterocycles. The van der Waals surface area contributed by atoms with E-state index in [-0.39, 0.29) is 35.5 Å². The highest BCUT2D eigenvalue weighted by atomic mass is 35.5. The molecule has 10 nitrogen and oxygen atoms in total. The number of H-pyrrole nitrogens is 1. The second-order valence-electron chi connectivity index (χ2n) is 12.2. The summed E-state index contributed by atoms with van der Waals surface area (Å²) in [7, 11) is 3.66. The molecule has 2 N–H and O–H groups in total. The molecule has 2 saturated heterocycles. The molecule has 11 heteroatoms. The summed E-state index contributed by atoms with van der Waals surface area (Å²) in [6.07, 6.45) is 3.02. The Morgan fingerprint density at radius 2 is 1.98 bits per heavy atom. The van der Waals surface area contributed by atoms with E-state index in [1.54, 1.807) is 11.6 Å². The minimum atomic E-state index is -0.340. The molecule has 0 amide bonds. The fourth-order valence-electron chi connectivity index (χ4n) is 6.36. The summed E-state index contributed by atoms with van der Waals surface area (Å²) in [5.41, 5.74) is 2.66. The first kappa shape index (κ1) is 27.3. The molecule has 0 saturated carbocycles. The molecule has 5 heterocycles. The van der Waals surface area contributed by atoms with Crippen molar-refractivity contribution >= 4 is 33.5 Å². The lowest BCUT2D eigenvalue weighted by atomic mass is 9.98. The van der Waals surface area contributed by atoms with Crippen LogP contribution in [-0.4, -0.2) is 60.8 Å². The number of fused-ring (bicyclic) bond motifs is 2. The van der Waals surface area contributed by atoms with Crippen molar-refractivity contribution in [3.05, 3.63) is 61.5 Å². The van der Waals surface area contributed by atoms with Crippen molar-refractivity contribution in [2.75, 3.05) is 13.6 Å². The van der Waals surface area contributed by atoms with Crippen LogP contribution in [0.3, 0.4) is 0 Å². The van der Waals surface area contributed by atoms with Gasteiger partial charge in [-0.3, -0.25) is 28.8 Å². The average molecular weight is 568 g/mol. The van der Waals surface area contributed by atoms with Gasteiger partial charge < -0.3 is 9.72 Å². The average Bonchev–Trinajstić information content (AvgIpc) is 3.18. The van der Waals surface area contributed by atoms with Crippen molar-refractivity contribution < 1.29 is 4.74 Å².